The molecule has 13 heavy (non-hydrogen) atoms. The molecular weight excluding hydrogens is 164 g/mol. The third kappa shape index (κ3) is 1.53. The number of aliphatic hydroxyl groups excluding tert-OH is 1. The molecule has 70 valence electrons. The van der Waals surface area contributed by atoms with Crippen LogP contribution in [-0.2, 0) is 13.0 Å². The van der Waals surface area contributed by atoms with E-state index in [4.69, 9.17) is 10.8 Å². The van der Waals surface area contributed by atoms with E-state index in [1.54, 1.807) is 0 Å². The summed E-state index contributed by atoms with van der Waals surface area (Å²) in [5.41, 5.74) is 9.12. The summed E-state index contributed by atoms with van der Waals surface area (Å²) in [4.78, 5) is 0. The molecule has 0 fully saturated rings. The highest BCUT2D eigenvalue weighted by molar-refractivity contribution is 5.51. The molecular formula is C10H14N2O. The Hall–Kier alpha value is -1.06. The van der Waals surface area contributed by atoms with Crippen LogP contribution in [0, 0.1) is 0 Å². The molecule has 0 saturated heterocycles. The zero-order valence-corrected chi connectivity index (χ0v) is 7.46. The lowest BCUT2D eigenvalue weighted by Crippen LogP contribution is -2.38. The van der Waals surface area contributed by atoms with Crippen molar-refractivity contribution in [1.29, 1.82) is 0 Å². The maximum atomic E-state index is 8.99. The van der Waals surface area contributed by atoms with Crippen molar-refractivity contribution in [3.8, 4) is 0 Å². The van der Waals surface area contributed by atoms with E-state index in [9.17, 15) is 0 Å². The Morgan fingerprint density at radius 2 is 2.38 bits per heavy atom. The minimum atomic E-state index is 0.189. The number of nitrogens with one attached hydrogen (secondary N) is 1. The molecule has 1 aliphatic heterocycles. The van der Waals surface area contributed by atoms with Gasteiger partial charge in [-0.05, 0) is 23.6 Å². The first kappa shape index (κ1) is 8.53. The summed E-state index contributed by atoms with van der Waals surface area (Å²) in [7, 11) is 0. The Morgan fingerprint density at radius 3 is 3.15 bits per heavy atom. The van der Waals surface area contributed by atoms with E-state index in [2.05, 4.69) is 11.4 Å². The average Bonchev–Trinajstić information content (AvgIpc) is 2.18. The summed E-state index contributed by atoms with van der Waals surface area (Å²) in [6, 6.07) is 6.15. The van der Waals surface area contributed by atoms with Crippen molar-refractivity contribution in [2.75, 3.05) is 12.3 Å². The molecule has 1 aliphatic rings. The molecule has 0 spiro atoms. The molecule has 0 bridgehead atoms. The molecule has 3 nitrogen and oxygen atoms in total. The number of aliphatic hydroxyl groups is 1. The Labute approximate surface area is 77.6 Å². The van der Waals surface area contributed by atoms with E-state index in [1.807, 2.05) is 12.1 Å². The normalized spacial score (nSPS) is 21.2. The number of rotatable bonds is 1. The minimum absolute atomic E-state index is 0.189. The van der Waals surface area contributed by atoms with Gasteiger partial charge in [0.15, 0.2) is 0 Å². The van der Waals surface area contributed by atoms with Crippen LogP contribution in [0.5, 0.6) is 0 Å². The standard InChI is InChI=1S/C10H14N2O/c11-10-3-1-2-7-4-8(6-13)12-5-9(7)10/h1-3,8,12-13H,4-6,11H2/t8-/m0/s1. The number of nitrogen functional groups attached to an aromatic ring is 1. The van der Waals surface area contributed by atoms with Crippen LogP contribution in [0.3, 0.4) is 0 Å². The first-order valence-corrected chi connectivity index (χ1v) is 4.51. The number of hydrogen-bond donors (Lipinski definition) is 3. The lowest BCUT2D eigenvalue weighted by molar-refractivity contribution is 0.236. The third-order valence-electron chi connectivity index (χ3n) is 2.56. The number of hydrogen-bond acceptors (Lipinski definition) is 3. The lowest BCUT2D eigenvalue weighted by atomic mass is 9.95. The topological polar surface area (TPSA) is 58.3 Å². The molecule has 1 aromatic rings. The van der Waals surface area contributed by atoms with Crippen LogP contribution >= 0.6 is 0 Å². The lowest BCUT2D eigenvalue weighted by Gasteiger charge is -2.25. The summed E-state index contributed by atoms with van der Waals surface area (Å²) < 4.78 is 0. The summed E-state index contributed by atoms with van der Waals surface area (Å²) in [6.07, 6.45) is 0.872. The second-order valence-corrected chi connectivity index (χ2v) is 3.45. The van der Waals surface area contributed by atoms with Crippen molar-refractivity contribution in [3.05, 3.63) is 29.3 Å². The smallest absolute Gasteiger partial charge is 0.0587 e. The third-order valence-corrected chi connectivity index (χ3v) is 2.56. The molecule has 0 saturated carbocycles. The summed E-state index contributed by atoms with van der Waals surface area (Å²) in [5.74, 6) is 0. The van der Waals surface area contributed by atoms with Gasteiger partial charge in [-0.1, -0.05) is 12.1 Å². The SMILES string of the molecule is Nc1cccc2c1CN[C@H](CO)C2. The highest BCUT2D eigenvalue weighted by Crippen LogP contribution is 2.21. The second-order valence-electron chi connectivity index (χ2n) is 3.45. The molecule has 1 aromatic carbocycles. The van der Waals surface area contributed by atoms with Gasteiger partial charge in [-0.15, -0.1) is 0 Å². The van der Waals surface area contributed by atoms with Crippen LogP contribution in [0.15, 0.2) is 18.2 Å². The Kier molecular flexibility index (Phi) is 2.20. The van der Waals surface area contributed by atoms with Gasteiger partial charge in [0.25, 0.3) is 0 Å². The zero-order valence-electron chi connectivity index (χ0n) is 7.46. The minimum Gasteiger partial charge on any atom is -0.398 e. The average molecular weight is 178 g/mol. The van der Waals surface area contributed by atoms with Crippen molar-refractivity contribution in [1.82, 2.24) is 5.32 Å². The molecule has 0 radical (unpaired) electrons. The maximum Gasteiger partial charge on any atom is 0.0587 e. The van der Waals surface area contributed by atoms with Gasteiger partial charge >= 0.3 is 0 Å². The van der Waals surface area contributed by atoms with E-state index in [-0.39, 0.29) is 12.6 Å². The van der Waals surface area contributed by atoms with Gasteiger partial charge in [0.2, 0.25) is 0 Å². The zero-order chi connectivity index (χ0) is 9.26. The van der Waals surface area contributed by atoms with Gasteiger partial charge in [0.05, 0.1) is 6.61 Å². The first-order valence-electron chi connectivity index (χ1n) is 4.51. The number of fused-ring (bicyclic) bond motifs is 1. The monoisotopic (exact) mass is 178 g/mol. The molecule has 0 amide bonds. The highest BCUT2D eigenvalue weighted by Gasteiger charge is 2.17. The van der Waals surface area contributed by atoms with Gasteiger partial charge in [-0.25, -0.2) is 0 Å². The fraction of sp³-hybridized carbons (Fsp3) is 0.400. The first-order chi connectivity index (χ1) is 6.31. The molecule has 0 aliphatic carbocycles. The predicted octanol–water partition coefficient (Wildman–Crippen LogP) is 0.275. The van der Waals surface area contributed by atoms with E-state index in [0.717, 1.165) is 18.7 Å². The predicted molar refractivity (Wildman–Crippen MR) is 52.3 cm³/mol. The van der Waals surface area contributed by atoms with Crippen molar-refractivity contribution >= 4 is 5.69 Å². The fourth-order valence-corrected chi connectivity index (χ4v) is 1.77. The van der Waals surface area contributed by atoms with Crippen LogP contribution in [0.2, 0.25) is 0 Å². The van der Waals surface area contributed by atoms with Crippen molar-refractivity contribution in [2.24, 2.45) is 0 Å². The van der Waals surface area contributed by atoms with Crippen molar-refractivity contribution in [3.63, 3.8) is 0 Å². The quantitative estimate of drug-likeness (QED) is 0.541. The van der Waals surface area contributed by atoms with Crippen LogP contribution in [0.4, 0.5) is 5.69 Å². The van der Waals surface area contributed by atoms with E-state index in [1.165, 1.54) is 11.1 Å². The van der Waals surface area contributed by atoms with Gasteiger partial charge in [0.1, 0.15) is 0 Å². The number of nitrogens with two attached hydrogens (primary N) is 1. The molecule has 1 atom stereocenters. The van der Waals surface area contributed by atoms with E-state index in [0.29, 0.717) is 0 Å². The summed E-state index contributed by atoms with van der Waals surface area (Å²) in [5, 5.41) is 12.2. The Bertz CT molecular complexity index is 312. The van der Waals surface area contributed by atoms with E-state index >= 15 is 0 Å². The van der Waals surface area contributed by atoms with Crippen LogP contribution in [0.25, 0.3) is 0 Å². The van der Waals surface area contributed by atoms with Gasteiger partial charge < -0.3 is 16.2 Å². The van der Waals surface area contributed by atoms with E-state index < -0.39 is 0 Å². The van der Waals surface area contributed by atoms with Crippen LogP contribution in [0.1, 0.15) is 11.1 Å². The number of benzene rings is 1. The molecule has 0 aromatic heterocycles. The van der Waals surface area contributed by atoms with Crippen molar-refractivity contribution in [2.45, 2.75) is 19.0 Å². The van der Waals surface area contributed by atoms with Gasteiger partial charge in [-0.2, -0.15) is 0 Å². The van der Waals surface area contributed by atoms with Gasteiger partial charge in [0, 0.05) is 18.3 Å². The molecule has 2 rings (SSSR count). The van der Waals surface area contributed by atoms with Crippen LogP contribution < -0.4 is 11.1 Å². The summed E-state index contributed by atoms with van der Waals surface area (Å²) >= 11 is 0. The molecule has 3 heteroatoms. The highest BCUT2D eigenvalue weighted by atomic mass is 16.3. The molecule has 1 heterocycles. The Morgan fingerprint density at radius 1 is 1.54 bits per heavy atom. The number of anilines is 1. The molecule has 0 unspecified atom stereocenters. The largest absolute Gasteiger partial charge is 0.398 e. The fourth-order valence-electron chi connectivity index (χ4n) is 1.77. The second kappa shape index (κ2) is 3.36. The van der Waals surface area contributed by atoms with Crippen LogP contribution in [-0.4, -0.2) is 17.8 Å². The van der Waals surface area contributed by atoms with Gasteiger partial charge in [-0.3, -0.25) is 0 Å². The summed E-state index contributed by atoms with van der Waals surface area (Å²) in [6.45, 7) is 0.960. The maximum absolute atomic E-state index is 8.99. The Balaban J connectivity index is 2.31. The van der Waals surface area contributed by atoms with Crippen molar-refractivity contribution < 1.29 is 5.11 Å². The molecule has 4 N–H and O–H groups in total.